The number of nitrogens with one attached hydrogen (secondary N) is 4. The number of carbonyl (C=O) groups is 4. The van der Waals surface area contributed by atoms with Crippen LogP contribution in [-0.4, -0.2) is 79.5 Å². The SMILES string of the molecule is CCC(C)C(NC)C(=O)NC(Cc1ccccc1)C(=O)N1CCC2Oc3ccc(OC)c(c3)C=CNC(=O)C(C(C)CC)NC(=O)C21. The summed E-state index contributed by atoms with van der Waals surface area (Å²) >= 11 is 0. The predicted molar refractivity (Wildman–Crippen MR) is 180 cm³/mol. The molecule has 11 heteroatoms. The van der Waals surface area contributed by atoms with Gasteiger partial charge in [-0.15, -0.1) is 0 Å². The van der Waals surface area contributed by atoms with Gasteiger partial charge in [-0.2, -0.15) is 0 Å². The summed E-state index contributed by atoms with van der Waals surface area (Å²) in [6, 6.07) is 11.4. The molecule has 2 aromatic carbocycles. The number of fused-ring (bicyclic) bond motifs is 3. The fraction of sp³-hybridized carbons (Fsp3) is 0.500. The molecule has 1 fully saturated rings. The Morgan fingerprint density at radius 1 is 1.06 bits per heavy atom. The van der Waals surface area contributed by atoms with Crippen molar-refractivity contribution in [3.63, 3.8) is 0 Å². The van der Waals surface area contributed by atoms with E-state index in [9.17, 15) is 19.2 Å². The van der Waals surface area contributed by atoms with E-state index in [-0.39, 0.29) is 36.6 Å². The van der Waals surface area contributed by atoms with Crippen molar-refractivity contribution in [3.05, 3.63) is 65.9 Å². The fourth-order valence-corrected chi connectivity index (χ4v) is 6.20. The summed E-state index contributed by atoms with van der Waals surface area (Å²) < 4.78 is 11.9. The lowest BCUT2D eigenvalue weighted by Crippen LogP contribution is -2.61. The van der Waals surface area contributed by atoms with E-state index >= 15 is 0 Å². The molecule has 0 saturated carbocycles. The number of benzene rings is 2. The maximum Gasteiger partial charge on any atom is 0.247 e. The number of likely N-dealkylation sites (tertiary alicyclic amines) is 1. The number of amides is 4. The third-order valence-electron chi connectivity index (χ3n) is 9.37. The fourth-order valence-electron chi connectivity index (χ4n) is 6.20. The summed E-state index contributed by atoms with van der Waals surface area (Å²) in [7, 11) is 3.29. The number of carbonyl (C=O) groups excluding carboxylic acids is 4. The van der Waals surface area contributed by atoms with Crippen LogP contribution < -0.4 is 30.7 Å². The van der Waals surface area contributed by atoms with E-state index in [1.165, 1.54) is 11.1 Å². The minimum atomic E-state index is -1.05. The van der Waals surface area contributed by atoms with Crippen LogP contribution in [0.25, 0.3) is 6.08 Å². The number of rotatable bonds is 11. The summed E-state index contributed by atoms with van der Waals surface area (Å²) in [6.45, 7) is 8.07. The summed E-state index contributed by atoms with van der Waals surface area (Å²) in [5, 5.41) is 11.8. The molecule has 7 atom stereocenters. The number of likely N-dealkylation sites (N-methyl/N-ethyl adjacent to an activating group) is 1. The highest BCUT2D eigenvalue weighted by molar-refractivity contribution is 5.96. The number of hydrogen-bond donors (Lipinski definition) is 4. The Kier molecular flexibility index (Phi) is 12.4. The highest BCUT2D eigenvalue weighted by Gasteiger charge is 2.46. The third-order valence-corrected chi connectivity index (χ3v) is 9.37. The van der Waals surface area contributed by atoms with Crippen LogP contribution in [0.5, 0.6) is 11.5 Å². The van der Waals surface area contributed by atoms with Crippen LogP contribution in [0.2, 0.25) is 0 Å². The third kappa shape index (κ3) is 8.51. The Morgan fingerprint density at radius 3 is 2.47 bits per heavy atom. The van der Waals surface area contributed by atoms with Gasteiger partial charge in [-0.3, -0.25) is 19.2 Å². The van der Waals surface area contributed by atoms with Crippen molar-refractivity contribution in [1.82, 2.24) is 26.2 Å². The molecule has 47 heavy (non-hydrogen) atoms. The molecule has 0 aromatic heterocycles. The second-order valence-corrected chi connectivity index (χ2v) is 12.4. The maximum absolute atomic E-state index is 14.5. The lowest BCUT2D eigenvalue weighted by Gasteiger charge is -2.33. The molecule has 4 rings (SSSR count). The lowest BCUT2D eigenvalue weighted by molar-refractivity contribution is -0.144. The summed E-state index contributed by atoms with van der Waals surface area (Å²) in [5.41, 5.74) is 1.55. The second kappa shape index (κ2) is 16.4. The van der Waals surface area contributed by atoms with E-state index < -0.39 is 42.1 Å². The van der Waals surface area contributed by atoms with Gasteiger partial charge in [0.1, 0.15) is 35.7 Å². The lowest BCUT2D eigenvalue weighted by atomic mass is 9.97. The van der Waals surface area contributed by atoms with E-state index in [2.05, 4.69) is 21.3 Å². The first-order chi connectivity index (χ1) is 22.6. The van der Waals surface area contributed by atoms with Crippen LogP contribution in [0.1, 0.15) is 58.1 Å². The van der Waals surface area contributed by atoms with E-state index in [1.54, 1.807) is 38.4 Å². The monoisotopic (exact) mass is 647 g/mol. The van der Waals surface area contributed by atoms with Crippen molar-refractivity contribution < 1.29 is 28.7 Å². The van der Waals surface area contributed by atoms with Crippen LogP contribution in [0.3, 0.4) is 0 Å². The zero-order valence-corrected chi connectivity index (χ0v) is 28.2. The molecule has 0 aliphatic carbocycles. The molecule has 2 aliphatic heterocycles. The van der Waals surface area contributed by atoms with Crippen LogP contribution in [0, 0.1) is 11.8 Å². The van der Waals surface area contributed by atoms with Gasteiger partial charge in [0.25, 0.3) is 0 Å². The van der Waals surface area contributed by atoms with Crippen LogP contribution in [0.4, 0.5) is 0 Å². The molecule has 7 unspecified atom stereocenters. The summed E-state index contributed by atoms with van der Waals surface area (Å²) in [5.74, 6) is -0.617. The van der Waals surface area contributed by atoms with Crippen molar-refractivity contribution in [2.24, 2.45) is 11.8 Å². The molecule has 0 radical (unpaired) electrons. The van der Waals surface area contributed by atoms with Crippen molar-refractivity contribution in [1.29, 1.82) is 0 Å². The van der Waals surface area contributed by atoms with E-state index in [0.29, 0.717) is 29.9 Å². The van der Waals surface area contributed by atoms with Gasteiger partial charge >= 0.3 is 0 Å². The zero-order valence-electron chi connectivity index (χ0n) is 28.2. The first-order valence-corrected chi connectivity index (χ1v) is 16.6. The minimum Gasteiger partial charge on any atom is -0.496 e. The zero-order chi connectivity index (χ0) is 34.1. The Hall–Kier alpha value is -4.38. The Morgan fingerprint density at radius 2 is 1.81 bits per heavy atom. The van der Waals surface area contributed by atoms with Gasteiger partial charge < -0.3 is 35.6 Å². The smallest absolute Gasteiger partial charge is 0.247 e. The molecule has 1 saturated heterocycles. The van der Waals surface area contributed by atoms with Crippen molar-refractivity contribution in [2.75, 3.05) is 20.7 Å². The van der Waals surface area contributed by atoms with Gasteiger partial charge in [0, 0.05) is 31.1 Å². The number of nitrogens with zero attached hydrogens (tertiary/aromatic N) is 1. The van der Waals surface area contributed by atoms with E-state index in [4.69, 9.17) is 9.47 Å². The molecular formula is C36H49N5O6. The molecule has 2 bridgehead atoms. The first-order valence-electron chi connectivity index (χ1n) is 16.6. The standard InChI is InChI=1S/C36H49N5O6/c1-7-22(3)30(37-5)34(43)39-27(20-24-12-10-9-11-13-24)36(45)41-19-17-29-32(41)35(44)40-31(23(4)8-2)33(42)38-18-16-25-21-26(47-29)14-15-28(25)46-6/h9-16,18,21-23,27,29-32,37H,7-8,17,19-20H2,1-6H3,(H,38,42)(H,39,43)(H,40,44). The van der Waals surface area contributed by atoms with Gasteiger partial charge in [-0.1, -0.05) is 70.9 Å². The molecule has 11 nitrogen and oxygen atoms in total. The van der Waals surface area contributed by atoms with Crippen LogP contribution >= 0.6 is 0 Å². The summed E-state index contributed by atoms with van der Waals surface area (Å²) in [4.78, 5) is 57.1. The van der Waals surface area contributed by atoms with Gasteiger partial charge in [-0.05, 0) is 48.7 Å². The Labute approximate surface area is 277 Å². The topological polar surface area (TPSA) is 138 Å². The highest BCUT2D eigenvalue weighted by atomic mass is 16.5. The molecule has 2 aromatic rings. The normalized spacial score (nSPS) is 22.1. The first kappa shape index (κ1) is 35.5. The van der Waals surface area contributed by atoms with Crippen molar-refractivity contribution in [2.45, 2.75) is 83.6 Å². The Balaban J connectivity index is 1.72. The van der Waals surface area contributed by atoms with E-state index in [0.717, 1.165) is 12.0 Å². The van der Waals surface area contributed by atoms with Gasteiger partial charge in [0.2, 0.25) is 23.6 Å². The van der Waals surface area contributed by atoms with E-state index in [1.807, 2.05) is 58.0 Å². The van der Waals surface area contributed by atoms with Crippen molar-refractivity contribution >= 4 is 29.7 Å². The Bertz CT molecular complexity index is 1430. The average Bonchev–Trinajstić information content (AvgIpc) is 3.50. The molecule has 4 amide bonds. The molecule has 2 aliphatic rings. The highest BCUT2D eigenvalue weighted by Crippen LogP contribution is 2.30. The minimum absolute atomic E-state index is 0.0331. The van der Waals surface area contributed by atoms with Crippen molar-refractivity contribution in [3.8, 4) is 11.5 Å². The number of hydrogen-bond acceptors (Lipinski definition) is 7. The average molecular weight is 648 g/mol. The molecule has 4 N–H and O–H groups in total. The molecule has 2 heterocycles. The van der Waals surface area contributed by atoms with Crippen LogP contribution in [0.15, 0.2) is 54.7 Å². The second-order valence-electron chi connectivity index (χ2n) is 12.4. The molecule has 0 spiro atoms. The van der Waals surface area contributed by atoms with Gasteiger partial charge in [-0.25, -0.2) is 0 Å². The predicted octanol–water partition coefficient (Wildman–Crippen LogP) is 3.04. The maximum atomic E-state index is 14.5. The molecular weight excluding hydrogens is 598 g/mol. The van der Waals surface area contributed by atoms with Gasteiger partial charge in [0.15, 0.2) is 0 Å². The largest absolute Gasteiger partial charge is 0.496 e. The number of ether oxygens (including phenoxy) is 2. The quantitative estimate of drug-likeness (QED) is 0.294. The molecule has 254 valence electrons. The van der Waals surface area contributed by atoms with Gasteiger partial charge in [0.05, 0.1) is 13.2 Å². The number of methoxy groups -OCH3 is 1. The van der Waals surface area contributed by atoms with Crippen LogP contribution in [-0.2, 0) is 25.6 Å². The summed E-state index contributed by atoms with van der Waals surface area (Å²) in [6.07, 6.45) is 4.56.